The molecule has 1 aromatic heterocycles. The summed E-state index contributed by atoms with van der Waals surface area (Å²) < 4.78 is 0. The van der Waals surface area contributed by atoms with Gasteiger partial charge in [-0.25, -0.2) is 4.98 Å². The molecule has 116 valence electrons. The van der Waals surface area contributed by atoms with Gasteiger partial charge in [-0.1, -0.05) is 42.3 Å². The van der Waals surface area contributed by atoms with Crippen LogP contribution >= 0.6 is 11.6 Å². The lowest BCUT2D eigenvalue weighted by Gasteiger charge is -2.40. The van der Waals surface area contributed by atoms with Gasteiger partial charge in [-0.05, 0) is 42.7 Å². The van der Waals surface area contributed by atoms with Gasteiger partial charge in [0.2, 0.25) is 11.9 Å². The van der Waals surface area contributed by atoms with Crippen molar-refractivity contribution in [2.75, 3.05) is 5.32 Å². The minimum Gasteiger partial charge on any atom is -0.324 e. The predicted octanol–water partition coefficient (Wildman–Crippen LogP) is 4.28. The molecule has 4 nitrogen and oxygen atoms in total. The number of nitrogens with zero attached hydrogens (tertiary/aromatic N) is 1. The fourth-order valence-corrected chi connectivity index (χ4v) is 3.31. The minimum atomic E-state index is -0.469. The molecule has 0 spiro atoms. The SMILES string of the molecule is O=C(Nc1nc2ccccc2[nH]1)C1(c2ccc(Cl)cc2)CCC1. The highest BCUT2D eigenvalue weighted by Gasteiger charge is 2.45. The maximum atomic E-state index is 12.9. The maximum absolute atomic E-state index is 12.9. The standard InChI is InChI=1S/C18H16ClN3O/c19-13-8-6-12(7-9-13)18(10-3-11-18)16(23)22-17-20-14-4-1-2-5-15(14)21-17/h1-2,4-9H,3,10-11H2,(H2,20,21,22,23). The molecule has 2 N–H and O–H groups in total. The number of carbonyl (C=O) groups excluding carboxylic acids is 1. The van der Waals surface area contributed by atoms with Gasteiger partial charge in [0, 0.05) is 5.02 Å². The van der Waals surface area contributed by atoms with Crippen LogP contribution in [0.1, 0.15) is 24.8 Å². The Balaban J connectivity index is 1.62. The molecule has 4 rings (SSSR count). The predicted molar refractivity (Wildman–Crippen MR) is 91.7 cm³/mol. The summed E-state index contributed by atoms with van der Waals surface area (Å²) in [6, 6.07) is 15.3. The number of rotatable bonds is 3. The zero-order valence-electron chi connectivity index (χ0n) is 12.5. The van der Waals surface area contributed by atoms with E-state index in [1.54, 1.807) is 0 Å². The zero-order valence-corrected chi connectivity index (χ0v) is 13.2. The molecule has 23 heavy (non-hydrogen) atoms. The number of anilines is 1. The zero-order chi connectivity index (χ0) is 15.9. The fraction of sp³-hybridized carbons (Fsp3) is 0.222. The van der Waals surface area contributed by atoms with E-state index >= 15 is 0 Å². The molecule has 5 heteroatoms. The first kappa shape index (κ1) is 14.3. The van der Waals surface area contributed by atoms with Crippen molar-refractivity contribution in [1.29, 1.82) is 0 Å². The number of hydrogen-bond donors (Lipinski definition) is 2. The molecular formula is C18H16ClN3O. The van der Waals surface area contributed by atoms with Gasteiger partial charge >= 0.3 is 0 Å². The third kappa shape index (κ3) is 2.39. The van der Waals surface area contributed by atoms with Crippen LogP contribution in [0.2, 0.25) is 5.02 Å². The van der Waals surface area contributed by atoms with Crippen molar-refractivity contribution in [2.24, 2.45) is 0 Å². The quantitative estimate of drug-likeness (QED) is 0.755. The number of H-pyrrole nitrogens is 1. The number of nitrogens with one attached hydrogen (secondary N) is 2. The first-order valence-corrected chi connectivity index (χ1v) is 8.07. The van der Waals surface area contributed by atoms with E-state index < -0.39 is 5.41 Å². The molecule has 1 amide bonds. The summed E-state index contributed by atoms with van der Waals surface area (Å²) in [5.41, 5.74) is 2.31. The average Bonchev–Trinajstić information content (AvgIpc) is 2.90. The molecule has 2 aromatic carbocycles. The number of hydrogen-bond acceptors (Lipinski definition) is 2. The summed E-state index contributed by atoms with van der Waals surface area (Å²) in [6.45, 7) is 0. The van der Waals surface area contributed by atoms with Crippen molar-refractivity contribution in [1.82, 2.24) is 9.97 Å². The Hall–Kier alpha value is -2.33. The summed E-state index contributed by atoms with van der Waals surface area (Å²) in [6.07, 6.45) is 2.75. The number of aromatic nitrogens is 2. The Morgan fingerprint density at radius 2 is 1.87 bits per heavy atom. The van der Waals surface area contributed by atoms with Crippen LogP contribution in [0.15, 0.2) is 48.5 Å². The van der Waals surface area contributed by atoms with Crippen LogP contribution in [0.3, 0.4) is 0 Å². The molecule has 0 bridgehead atoms. The summed E-state index contributed by atoms with van der Waals surface area (Å²) in [5, 5.41) is 3.63. The van der Waals surface area contributed by atoms with Crippen molar-refractivity contribution in [2.45, 2.75) is 24.7 Å². The molecule has 0 unspecified atom stereocenters. The molecule has 0 aliphatic heterocycles. The smallest absolute Gasteiger partial charge is 0.237 e. The van der Waals surface area contributed by atoms with Crippen molar-refractivity contribution < 1.29 is 4.79 Å². The van der Waals surface area contributed by atoms with Gasteiger partial charge in [-0.2, -0.15) is 0 Å². The number of aromatic amines is 1. The highest BCUT2D eigenvalue weighted by atomic mass is 35.5. The molecule has 1 saturated carbocycles. The second-order valence-corrected chi connectivity index (χ2v) is 6.44. The summed E-state index contributed by atoms with van der Waals surface area (Å²) in [7, 11) is 0. The Bertz CT molecular complexity index is 832. The van der Waals surface area contributed by atoms with E-state index in [4.69, 9.17) is 11.6 Å². The lowest BCUT2D eigenvalue weighted by molar-refractivity contribution is -0.124. The molecule has 1 aliphatic rings. The Morgan fingerprint density at radius 3 is 2.52 bits per heavy atom. The van der Waals surface area contributed by atoms with E-state index in [0.29, 0.717) is 11.0 Å². The highest BCUT2D eigenvalue weighted by molar-refractivity contribution is 6.30. The van der Waals surface area contributed by atoms with Crippen molar-refractivity contribution >= 4 is 34.5 Å². The van der Waals surface area contributed by atoms with Gasteiger partial charge < -0.3 is 4.98 Å². The molecule has 0 radical (unpaired) electrons. The topological polar surface area (TPSA) is 57.8 Å². The lowest BCUT2D eigenvalue weighted by Crippen LogP contribution is -2.46. The highest BCUT2D eigenvalue weighted by Crippen LogP contribution is 2.44. The molecular weight excluding hydrogens is 310 g/mol. The number of benzene rings is 2. The van der Waals surface area contributed by atoms with E-state index in [1.807, 2.05) is 48.5 Å². The van der Waals surface area contributed by atoms with E-state index in [-0.39, 0.29) is 5.91 Å². The third-order valence-electron chi connectivity index (χ3n) is 4.66. The number of carbonyl (C=O) groups is 1. The number of para-hydroxylation sites is 2. The van der Waals surface area contributed by atoms with Crippen LogP contribution in [0.25, 0.3) is 11.0 Å². The summed E-state index contributed by atoms with van der Waals surface area (Å²) >= 11 is 5.96. The van der Waals surface area contributed by atoms with Gasteiger partial charge in [-0.3, -0.25) is 10.1 Å². The van der Waals surface area contributed by atoms with E-state index in [1.165, 1.54) is 0 Å². The number of amides is 1. The van der Waals surface area contributed by atoms with E-state index in [2.05, 4.69) is 15.3 Å². The fourth-order valence-electron chi connectivity index (χ4n) is 3.19. The van der Waals surface area contributed by atoms with Crippen molar-refractivity contribution in [3.05, 3.63) is 59.1 Å². The number of halogens is 1. The van der Waals surface area contributed by atoms with E-state index in [0.717, 1.165) is 35.9 Å². The average molecular weight is 326 g/mol. The second kappa shape index (κ2) is 5.39. The largest absolute Gasteiger partial charge is 0.324 e. The first-order valence-electron chi connectivity index (χ1n) is 7.70. The summed E-state index contributed by atoms with van der Waals surface area (Å²) in [4.78, 5) is 20.4. The molecule has 0 saturated heterocycles. The molecule has 1 fully saturated rings. The van der Waals surface area contributed by atoms with Crippen LogP contribution < -0.4 is 5.32 Å². The van der Waals surface area contributed by atoms with Crippen LogP contribution in [0.5, 0.6) is 0 Å². The number of imidazole rings is 1. The van der Waals surface area contributed by atoms with Crippen molar-refractivity contribution in [3.63, 3.8) is 0 Å². The number of fused-ring (bicyclic) bond motifs is 1. The lowest BCUT2D eigenvalue weighted by atomic mass is 9.64. The van der Waals surface area contributed by atoms with Crippen molar-refractivity contribution in [3.8, 4) is 0 Å². The van der Waals surface area contributed by atoms with Gasteiger partial charge in [-0.15, -0.1) is 0 Å². The van der Waals surface area contributed by atoms with E-state index in [9.17, 15) is 4.79 Å². The van der Waals surface area contributed by atoms with Gasteiger partial charge in [0.15, 0.2) is 0 Å². The van der Waals surface area contributed by atoms with Crippen LogP contribution in [-0.2, 0) is 10.2 Å². The van der Waals surface area contributed by atoms with Crippen LogP contribution in [0, 0.1) is 0 Å². The molecule has 3 aromatic rings. The molecule has 0 atom stereocenters. The van der Waals surface area contributed by atoms with Gasteiger partial charge in [0.05, 0.1) is 16.4 Å². The molecule has 1 aliphatic carbocycles. The normalized spacial score (nSPS) is 16.0. The Morgan fingerprint density at radius 1 is 1.13 bits per heavy atom. The maximum Gasteiger partial charge on any atom is 0.237 e. The van der Waals surface area contributed by atoms with Crippen LogP contribution in [0.4, 0.5) is 5.95 Å². The summed E-state index contributed by atoms with van der Waals surface area (Å²) in [5.74, 6) is 0.488. The monoisotopic (exact) mass is 325 g/mol. The first-order chi connectivity index (χ1) is 11.2. The molecule has 1 heterocycles. The third-order valence-corrected chi connectivity index (χ3v) is 4.91. The van der Waals surface area contributed by atoms with Gasteiger partial charge in [0.1, 0.15) is 0 Å². The Kier molecular flexibility index (Phi) is 3.34. The Labute approximate surface area is 138 Å². The second-order valence-electron chi connectivity index (χ2n) is 6.00. The van der Waals surface area contributed by atoms with Crippen LogP contribution in [-0.4, -0.2) is 15.9 Å². The van der Waals surface area contributed by atoms with Gasteiger partial charge in [0.25, 0.3) is 0 Å². The minimum absolute atomic E-state index is 0.00914.